The zero-order valence-corrected chi connectivity index (χ0v) is 40.3. The fourth-order valence-corrected chi connectivity index (χ4v) is 7.28. The van der Waals surface area contributed by atoms with Gasteiger partial charge in [-0.2, -0.15) is 0 Å². The largest absolute Gasteiger partial charge is 0.472 e. The number of quaternary nitrogens is 1. The molecule has 1 unspecified atom stereocenters. The van der Waals surface area contributed by atoms with Crippen LogP contribution in [0.2, 0.25) is 0 Å². The zero-order valence-electron chi connectivity index (χ0n) is 39.4. The molecular formula is C50H93NO8P+. The van der Waals surface area contributed by atoms with Crippen LogP contribution in [0, 0.1) is 0 Å². The fraction of sp³-hybridized carbons (Fsp3) is 0.800. The highest BCUT2D eigenvalue weighted by atomic mass is 31.2. The van der Waals surface area contributed by atoms with Gasteiger partial charge in [0.05, 0.1) is 27.7 Å². The Balaban J connectivity index is 4.35. The van der Waals surface area contributed by atoms with Crippen molar-refractivity contribution in [1.29, 1.82) is 0 Å². The van der Waals surface area contributed by atoms with Gasteiger partial charge in [0.25, 0.3) is 0 Å². The summed E-state index contributed by atoms with van der Waals surface area (Å²) in [5.41, 5.74) is 0. The van der Waals surface area contributed by atoms with Crippen molar-refractivity contribution in [3.8, 4) is 0 Å². The number of esters is 2. The van der Waals surface area contributed by atoms with Crippen LogP contribution in [-0.2, 0) is 32.7 Å². The predicted octanol–water partition coefficient (Wildman–Crippen LogP) is 14.2. The van der Waals surface area contributed by atoms with Crippen LogP contribution < -0.4 is 0 Å². The van der Waals surface area contributed by atoms with Gasteiger partial charge in [0.15, 0.2) is 6.10 Å². The maximum Gasteiger partial charge on any atom is 0.472 e. The molecular weight excluding hydrogens is 774 g/mol. The summed E-state index contributed by atoms with van der Waals surface area (Å²) in [5.74, 6) is -0.858. The molecule has 0 aliphatic carbocycles. The smallest absolute Gasteiger partial charge is 0.462 e. The molecule has 0 aromatic rings. The first-order chi connectivity index (χ1) is 29.0. The van der Waals surface area contributed by atoms with Crippen LogP contribution in [0.25, 0.3) is 0 Å². The van der Waals surface area contributed by atoms with Crippen molar-refractivity contribution in [2.45, 2.75) is 213 Å². The summed E-state index contributed by atoms with van der Waals surface area (Å²) in [6.45, 7) is 4.35. The molecule has 0 aliphatic rings. The van der Waals surface area contributed by atoms with Gasteiger partial charge in [0.1, 0.15) is 19.8 Å². The molecule has 0 aliphatic heterocycles. The van der Waals surface area contributed by atoms with E-state index in [1.807, 2.05) is 21.1 Å². The number of allylic oxidation sites excluding steroid dienone is 8. The second-order valence-corrected chi connectivity index (χ2v) is 19.0. The molecule has 0 aromatic carbocycles. The molecule has 2 atom stereocenters. The van der Waals surface area contributed by atoms with Gasteiger partial charge < -0.3 is 18.9 Å². The molecule has 0 radical (unpaired) electrons. The number of carbonyl (C=O) groups excluding carboxylic acids is 2. The van der Waals surface area contributed by atoms with Gasteiger partial charge in [-0.3, -0.25) is 18.6 Å². The Labute approximate surface area is 369 Å². The molecule has 350 valence electrons. The summed E-state index contributed by atoms with van der Waals surface area (Å²) in [6.07, 6.45) is 50.3. The number of hydrogen-bond acceptors (Lipinski definition) is 7. The third-order valence-electron chi connectivity index (χ3n) is 10.4. The average Bonchev–Trinajstić information content (AvgIpc) is 3.20. The van der Waals surface area contributed by atoms with E-state index >= 15 is 0 Å². The second-order valence-electron chi connectivity index (χ2n) is 17.5. The van der Waals surface area contributed by atoms with Gasteiger partial charge in [-0.1, -0.05) is 191 Å². The summed E-state index contributed by atoms with van der Waals surface area (Å²) in [6, 6.07) is 0. The number of carbonyl (C=O) groups is 2. The first-order valence-corrected chi connectivity index (χ1v) is 25.9. The van der Waals surface area contributed by atoms with Gasteiger partial charge in [0, 0.05) is 12.8 Å². The third-order valence-corrected chi connectivity index (χ3v) is 11.3. The standard InChI is InChI=1S/C50H92NO8P/c1-6-8-10-12-14-16-18-20-22-24-25-27-28-30-32-34-36-38-40-42-49(52)56-46-48(47-58-60(54,55)57-45-44-51(3,4)5)59-50(53)43-41-39-37-35-33-31-29-26-23-21-19-17-15-13-11-9-7-2/h15,17,21,23,29,31,35,37,48H,6-14,16,18-20,22,24-28,30,32-34,36,38-47H2,1-5H3/p+1/b17-15+,23-21+,31-29+,37-35+/t48-/m1/s1. The number of nitrogens with zero attached hydrogens (tertiary/aromatic N) is 1. The van der Waals surface area contributed by atoms with E-state index in [2.05, 4.69) is 62.5 Å². The van der Waals surface area contributed by atoms with Crippen molar-refractivity contribution in [3.63, 3.8) is 0 Å². The van der Waals surface area contributed by atoms with Crippen LogP contribution in [0.15, 0.2) is 48.6 Å². The van der Waals surface area contributed by atoms with Gasteiger partial charge in [-0.05, 0) is 51.4 Å². The highest BCUT2D eigenvalue weighted by Gasteiger charge is 2.27. The molecule has 0 amide bonds. The van der Waals surface area contributed by atoms with E-state index in [1.54, 1.807) is 0 Å². The molecule has 9 nitrogen and oxygen atoms in total. The zero-order chi connectivity index (χ0) is 44.3. The Kier molecular flexibility index (Phi) is 40.8. The van der Waals surface area contributed by atoms with E-state index < -0.39 is 26.5 Å². The normalized spacial score (nSPS) is 13.9. The first-order valence-electron chi connectivity index (χ1n) is 24.4. The predicted molar refractivity (Wildman–Crippen MR) is 252 cm³/mol. The van der Waals surface area contributed by atoms with Crippen LogP contribution in [0.5, 0.6) is 0 Å². The minimum Gasteiger partial charge on any atom is -0.462 e. The fourth-order valence-electron chi connectivity index (χ4n) is 6.54. The molecule has 0 bridgehead atoms. The van der Waals surface area contributed by atoms with Crippen LogP contribution in [0.3, 0.4) is 0 Å². The van der Waals surface area contributed by atoms with Crippen molar-refractivity contribution >= 4 is 19.8 Å². The Morgan fingerprint density at radius 3 is 1.38 bits per heavy atom. The maximum absolute atomic E-state index is 12.7. The number of rotatable bonds is 44. The van der Waals surface area contributed by atoms with Gasteiger partial charge in [-0.25, -0.2) is 4.57 Å². The highest BCUT2D eigenvalue weighted by molar-refractivity contribution is 7.47. The summed E-state index contributed by atoms with van der Waals surface area (Å²) in [7, 11) is 1.44. The Hall–Kier alpha value is -2.03. The number of unbranched alkanes of at least 4 members (excludes halogenated alkanes) is 22. The second kappa shape index (κ2) is 42.3. The maximum atomic E-state index is 12.7. The van der Waals surface area contributed by atoms with E-state index in [-0.39, 0.29) is 32.0 Å². The van der Waals surface area contributed by atoms with Crippen LogP contribution in [0.4, 0.5) is 0 Å². The van der Waals surface area contributed by atoms with Crippen molar-refractivity contribution < 1.29 is 42.1 Å². The lowest BCUT2D eigenvalue weighted by Crippen LogP contribution is -2.37. The summed E-state index contributed by atoms with van der Waals surface area (Å²) in [5, 5.41) is 0. The minimum absolute atomic E-state index is 0.0215. The number of phosphoric ester groups is 1. The molecule has 0 rings (SSSR count). The third kappa shape index (κ3) is 45.5. The molecule has 0 aromatic heterocycles. The van der Waals surface area contributed by atoms with E-state index in [1.165, 1.54) is 128 Å². The molecule has 10 heteroatoms. The summed E-state index contributed by atoms with van der Waals surface area (Å²) in [4.78, 5) is 35.4. The topological polar surface area (TPSA) is 108 Å². The first kappa shape index (κ1) is 58.0. The van der Waals surface area contributed by atoms with Gasteiger partial charge in [0.2, 0.25) is 0 Å². The molecule has 1 N–H and O–H groups in total. The molecule has 0 saturated heterocycles. The minimum atomic E-state index is -4.39. The van der Waals surface area contributed by atoms with Gasteiger partial charge >= 0.3 is 19.8 Å². The van der Waals surface area contributed by atoms with Crippen LogP contribution >= 0.6 is 7.82 Å². The van der Waals surface area contributed by atoms with Gasteiger partial charge in [-0.15, -0.1) is 0 Å². The lowest BCUT2D eigenvalue weighted by molar-refractivity contribution is -0.870. The number of hydrogen-bond donors (Lipinski definition) is 1. The van der Waals surface area contributed by atoms with E-state index in [0.717, 1.165) is 44.9 Å². The molecule has 0 fully saturated rings. The Morgan fingerprint density at radius 2 is 0.917 bits per heavy atom. The molecule has 0 saturated carbocycles. The van der Waals surface area contributed by atoms with Crippen molar-refractivity contribution in [1.82, 2.24) is 0 Å². The monoisotopic (exact) mass is 867 g/mol. The Bertz CT molecular complexity index is 1160. The van der Waals surface area contributed by atoms with Crippen molar-refractivity contribution in [2.75, 3.05) is 47.5 Å². The summed E-state index contributed by atoms with van der Waals surface area (Å²) >= 11 is 0. The quantitative estimate of drug-likeness (QED) is 0.0212. The molecule has 60 heavy (non-hydrogen) atoms. The van der Waals surface area contributed by atoms with Crippen molar-refractivity contribution in [2.24, 2.45) is 0 Å². The van der Waals surface area contributed by atoms with Crippen molar-refractivity contribution in [3.05, 3.63) is 48.6 Å². The Morgan fingerprint density at radius 1 is 0.517 bits per heavy atom. The van der Waals surface area contributed by atoms with Crippen LogP contribution in [-0.4, -0.2) is 74.9 Å². The number of likely N-dealkylation sites (N-methyl/N-ethyl adjacent to an activating group) is 1. The SMILES string of the molecule is CCCCC/C=C/C/C=C/C/C=C/C/C=C/CCCC(=O)O[C@H](COC(=O)CCCCCCCCCCCCCCCCCCCCC)COP(=O)(O)OCC[N+](C)(C)C. The summed E-state index contributed by atoms with van der Waals surface area (Å²) < 4.78 is 34.3. The van der Waals surface area contributed by atoms with E-state index in [9.17, 15) is 19.0 Å². The number of phosphoric acid groups is 1. The number of ether oxygens (including phenoxy) is 2. The van der Waals surface area contributed by atoms with E-state index in [4.69, 9.17) is 18.5 Å². The van der Waals surface area contributed by atoms with E-state index in [0.29, 0.717) is 17.4 Å². The molecule has 0 heterocycles. The lowest BCUT2D eigenvalue weighted by atomic mass is 10.0. The molecule has 0 spiro atoms. The van der Waals surface area contributed by atoms with Crippen LogP contribution in [0.1, 0.15) is 206 Å². The lowest BCUT2D eigenvalue weighted by Gasteiger charge is -2.24. The highest BCUT2D eigenvalue weighted by Crippen LogP contribution is 2.43. The average molecular weight is 867 g/mol.